The van der Waals surface area contributed by atoms with Crippen molar-refractivity contribution >= 4 is 17.5 Å². The number of fused-ring (bicyclic) bond motifs is 1. The molecule has 2 N–H and O–H groups in total. The molecule has 9 heteroatoms. The van der Waals surface area contributed by atoms with Crippen LogP contribution in [-0.4, -0.2) is 32.8 Å². The maximum atomic E-state index is 15.0. The molecule has 3 heterocycles. The van der Waals surface area contributed by atoms with E-state index in [0.717, 1.165) is 0 Å². The Bertz CT molecular complexity index is 1400. The average Bonchev–Trinajstić information content (AvgIpc) is 3.27. The van der Waals surface area contributed by atoms with Gasteiger partial charge in [0.2, 0.25) is 5.95 Å². The van der Waals surface area contributed by atoms with Gasteiger partial charge in [0.15, 0.2) is 5.82 Å². The number of nitrogens with one attached hydrogen (secondary N) is 2. The number of hydrogen-bond donors (Lipinski definition) is 2. The van der Waals surface area contributed by atoms with Gasteiger partial charge < -0.3 is 15.4 Å². The molecular formula is C25H21FN6O2. The number of carbonyl (C=O) groups excluding carboxylic acids is 1. The van der Waals surface area contributed by atoms with Gasteiger partial charge in [0, 0.05) is 17.5 Å². The van der Waals surface area contributed by atoms with E-state index in [1.54, 1.807) is 56.8 Å². The molecule has 1 unspecified atom stereocenters. The van der Waals surface area contributed by atoms with E-state index < -0.39 is 17.8 Å². The quantitative estimate of drug-likeness (QED) is 0.462. The summed E-state index contributed by atoms with van der Waals surface area (Å²) < 4.78 is 22.0. The number of nitrogens with zero attached hydrogens (tertiary/aromatic N) is 4. The van der Waals surface area contributed by atoms with E-state index in [9.17, 15) is 4.79 Å². The fourth-order valence-electron chi connectivity index (χ4n) is 4.01. The number of aromatic nitrogens is 4. The topological polar surface area (TPSA) is 94.0 Å². The molecule has 0 spiro atoms. The van der Waals surface area contributed by atoms with Gasteiger partial charge in [-0.05, 0) is 37.3 Å². The number of allylic oxidation sites excluding steroid dienone is 1. The first-order valence-corrected chi connectivity index (χ1v) is 10.6. The van der Waals surface area contributed by atoms with E-state index in [-0.39, 0.29) is 0 Å². The van der Waals surface area contributed by atoms with Crippen LogP contribution in [0.5, 0.6) is 5.75 Å². The minimum atomic E-state index is -0.843. The average molecular weight is 456 g/mol. The van der Waals surface area contributed by atoms with Crippen molar-refractivity contribution in [3.8, 4) is 17.1 Å². The van der Waals surface area contributed by atoms with Gasteiger partial charge in [-0.2, -0.15) is 4.98 Å². The number of methoxy groups -OCH3 is 1. The number of hydrogen-bond acceptors (Lipinski definition) is 6. The largest absolute Gasteiger partial charge is 0.496 e. The summed E-state index contributed by atoms with van der Waals surface area (Å²) in [6, 6.07) is 16.3. The predicted molar refractivity (Wildman–Crippen MR) is 126 cm³/mol. The predicted octanol–water partition coefficient (Wildman–Crippen LogP) is 4.42. The van der Waals surface area contributed by atoms with Gasteiger partial charge >= 0.3 is 0 Å². The molecule has 0 fully saturated rings. The Balaban J connectivity index is 1.64. The van der Waals surface area contributed by atoms with Gasteiger partial charge in [-0.1, -0.05) is 30.3 Å². The Kier molecular flexibility index (Phi) is 5.51. The van der Waals surface area contributed by atoms with Crippen LogP contribution in [0.4, 0.5) is 16.0 Å². The Morgan fingerprint density at radius 1 is 1.12 bits per heavy atom. The molecule has 1 amide bonds. The summed E-state index contributed by atoms with van der Waals surface area (Å²) in [6.45, 7) is 1.76. The van der Waals surface area contributed by atoms with Gasteiger partial charge in [0.05, 0.1) is 30.1 Å². The third-order valence-corrected chi connectivity index (χ3v) is 5.56. The zero-order chi connectivity index (χ0) is 23.7. The van der Waals surface area contributed by atoms with Crippen molar-refractivity contribution in [1.82, 2.24) is 19.7 Å². The van der Waals surface area contributed by atoms with Crippen LogP contribution in [0.3, 0.4) is 0 Å². The van der Waals surface area contributed by atoms with Crippen molar-refractivity contribution in [2.24, 2.45) is 0 Å². The third kappa shape index (κ3) is 3.77. The van der Waals surface area contributed by atoms with Gasteiger partial charge in [0.1, 0.15) is 17.6 Å². The lowest BCUT2D eigenvalue weighted by Crippen LogP contribution is -2.32. The fourth-order valence-corrected chi connectivity index (χ4v) is 4.01. The molecule has 0 saturated heterocycles. The smallest absolute Gasteiger partial charge is 0.255 e. The first-order chi connectivity index (χ1) is 16.6. The van der Waals surface area contributed by atoms with E-state index >= 15 is 4.39 Å². The highest BCUT2D eigenvalue weighted by Crippen LogP contribution is 2.38. The van der Waals surface area contributed by atoms with E-state index in [4.69, 9.17) is 4.74 Å². The summed E-state index contributed by atoms with van der Waals surface area (Å²) >= 11 is 0. The Labute approximate surface area is 195 Å². The normalized spacial score (nSPS) is 14.9. The van der Waals surface area contributed by atoms with Crippen LogP contribution in [0.1, 0.15) is 18.5 Å². The summed E-state index contributed by atoms with van der Waals surface area (Å²) in [6.07, 6.45) is 3.16. The lowest BCUT2D eigenvalue weighted by atomic mass is 9.94. The molecule has 0 aliphatic carbocycles. The maximum absolute atomic E-state index is 15.0. The zero-order valence-electron chi connectivity index (χ0n) is 18.5. The number of amides is 1. The Morgan fingerprint density at radius 2 is 1.91 bits per heavy atom. The number of benzene rings is 2. The summed E-state index contributed by atoms with van der Waals surface area (Å²) in [5.74, 6) is 0.542. The monoisotopic (exact) mass is 456 g/mol. The fraction of sp³-hybridized carbons (Fsp3) is 0.120. The number of anilines is 2. The highest BCUT2D eigenvalue weighted by molar-refractivity contribution is 6.06. The Morgan fingerprint density at radius 3 is 2.68 bits per heavy atom. The number of para-hydroxylation sites is 1. The highest BCUT2D eigenvalue weighted by Gasteiger charge is 2.36. The van der Waals surface area contributed by atoms with Crippen LogP contribution < -0.4 is 15.4 Å². The standard InChI is InChI=1S/C25H21FN6O2/c1-15-21(24(33)29-16-8-7-13-27-14-16)22(17-9-3-5-11-19(17)26)32-25(28-15)30-23(31-32)18-10-4-6-12-20(18)34-2/h3-14,22H,1-2H3,(H,29,33)(H,28,30,31). The van der Waals surface area contributed by atoms with E-state index in [0.29, 0.717) is 45.6 Å². The highest BCUT2D eigenvalue weighted by atomic mass is 19.1. The van der Waals surface area contributed by atoms with Crippen molar-refractivity contribution in [3.05, 3.63) is 95.7 Å². The summed E-state index contributed by atoms with van der Waals surface area (Å²) in [5, 5.41) is 10.7. The molecule has 5 rings (SSSR count). The van der Waals surface area contributed by atoms with Crippen molar-refractivity contribution in [1.29, 1.82) is 0 Å². The number of rotatable bonds is 5. The third-order valence-electron chi connectivity index (χ3n) is 5.56. The Hall–Kier alpha value is -4.53. The second-order valence-electron chi connectivity index (χ2n) is 7.69. The molecule has 0 saturated carbocycles. The van der Waals surface area contributed by atoms with Crippen LogP contribution in [0, 0.1) is 5.82 Å². The molecule has 0 radical (unpaired) electrons. The molecule has 4 aromatic rings. The minimum absolute atomic E-state index is 0.303. The summed E-state index contributed by atoms with van der Waals surface area (Å²) in [4.78, 5) is 22.1. The van der Waals surface area contributed by atoms with Gasteiger partial charge in [-0.3, -0.25) is 9.78 Å². The van der Waals surface area contributed by atoms with Gasteiger partial charge in [-0.15, -0.1) is 5.10 Å². The van der Waals surface area contributed by atoms with E-state index in [1.807, 2.05) is 24.3 Å². The molecule has 2 aromatic heterocycles. The number of carbonyl (C=O) groups is 1. The summed E-state index contributed by atoms with van der Waals surface area (Å²) in [5.41, 5.74) is 2.37. The number of ether oxygens (including phenoxy) is 1. The molecule has 8 nitrogen and oxygen atoms in total. The van der Waals surface area contributed by atoms with Crippen LogP contribution in [0.2, 0.25) is 0 Å². The molecule has 1 aliphatic heterocycles. The first-order valence-electron chi connectivity index (χ1n) is 10.6. The molecule has 34 heavy (non-hydrogen) atoms. The van der Waals surface area contributed by atoms with Crippen molar-refractivity contribution < 1.29 is 13.9 Å². The van der Waals surface area contributed by atoms with Crippen LogP contribution in [-0.2, 0) is 4.79 Å². The van der Waals surface area contributed by atoms with Gasteiger partial charge in [0.25, 0.3) is 5.91 Å². The molecule has 0 bridgehead atoms. The SMILES string of the molecule is COc1ccccc1-c1nc2n(n1)C(c1ccccc1F)C(C(=O)Nc1cccnc1)=C(C)N2. The zero-order valence-corrected chi connectivity index (χ0v) is 18.5. The van der Waals surface area contributed by atoms with Crippen LogP contribution in [0.25, 0.3) is 11.4 Å². The number of halogens is 1. The lowest BCUT2D eigenvalue weighted by molar-refractivity contribution is -0.113. The second kappa shape index (κ2) is 8.78. The van der Waals surface area contributed by atoms with Crippen molar-refractivity contribution in [3.63, 3.8) is 0 Å². The van der Waals surface area contributed by atoms with Gasteiger partial charge in [-0.25, -0.2) is 9.07 Å². The first kappa shape index (κ1) is 21.3. The van der Waals surface area contributed by atoms with Crippen LogP contribution >= 0.6 is 0 Å². The molecule has 2 aromatic carbocycles. The van der Waals surface area contributed by atoms with Crippen molar-refractivity contribution in [2.75, 3.05) is 17.7 Å². The molecule has 170 valence electrons. The van der Waals surface area contributed by atoms with E-state index in [1.165, 1.54) is 10.7 Å². The number of pyridine rings is 1. The van der Waals surface area contributed by atoms with Crippen LogP contribution in [0.15, 0.2) is 84.3 Å². The second-order valence-corrected chi connectivity index (χ2v) is 7.69. The van der Waals surface area contributed by atoms with E-state index in [2.05, 4.69) is 25.7 Å². The minimum Gasteiger partial charge on any atom is -0.496 e. The molecular weight excluding hydrogens is 435 g/mol. The molecule has 1 atom stereocenters. The maximum Gasteiger partial charge on any atom is 0.255 e. The molecule has 1 aliphatic rings. The summed E-state index contributed by atoms with van der Waals surface area (Å²) in [7, 11) is 1.57. The lowest BCUT2D eigenvalue weighted by Gasteiger charge is -2.28. The van der Waals surface area contributed by atoms with Crippen molar-refractivity contribution in [2.45, 2.75) is 13.0 Å².